The minimum atomic E-state index is -1.81. The minimum absolute atomic E-state index is 0.135. The quantitative estimate of drug-likeness (QED) is 0.118. The van der Waals surface area contributed by atoms with Crippen LogP contribution >= 0.6 is 0 Å². The fourth-order valence-electron chi connectivity index (χ4n) is 3.22. The molecule has 0 spiro atoms. The van der Waals surface area contributed by atoms with Crippen LogP contribution in [0.2, 0.25) is 0 Å². The third-order valence-electron chi connectivity index (χ3n) is 5.89. The van der Waals surface area contributed by atoms with Gasteiger partial charge in [-0.25, -0.2) is 0 Å². The number of hydrogen-bond acceptors (Lipinski definition) is 10. The summed E-state index contributed by atoms with van der Waals surface area (Å²) in [4.78, 5) is 39.3. The molecule has 0 bridgehead atoms. The first-order valence-electron chi connectivity index (χ1n) is 11.3. The van der Waals surface area contributed by atoms with Crippen molar-refractivity contribution in [3.05, 3.63) is 71.8 Å². The molecule has 0 aliphatic heterocycles. The van der Waals surface area contributed by atoms with E-state index in [1.165, 1.54) is 24.3 Å². The Kier molecular flexibility index (Phi) is 11.3. The van der Waals surface area contributed by atoms with Crippen LogP contribution in [-0.2, 0) is 14.3 Å². The summed E-state index contributed by atoms with van der Waals surface area (Å²) in [6.45, 7) is -4.39. The molecule has 0 unspecified atom stereocenters. The second kappa shape index (κ2) is 13.9. The van der Waals surface area contributed by atoms with Crippen molar-refractivity contribution in [3.8, 4) is 0 Å². The number of esters is 1. The predicted molar refractivity (Wildman–Crippen MR) is 127 cm³/mol. The first-order valence-corrected chi connectivity index (χ1v) is 11.3. The lowest BCUT2D eigenvalue weighted by molar-refractivity contribution is -0.156. The molecule has 0 saturated carbocycles. The lowest BCUT2D eigenvalue weighted by Crippen LogP contribution is -2.45. The van der Waals surface area contributed by atoms with Gasteiger partial charge in [0.2, 0.25) is 0 Å². The highest BCUT2D eigenvalue weighted by Gasteiger charge is 2.39. The molecule has 2 aromatic carbocycles. The number of aliphatic hydroxyl groups excluding tert-OH is 5. The Hall–Kier alpha value is -2.99. The van der Waals surface area contributed by atoms with Gasteiger partial charge >= 0.3 is 5.97 Å². The number of carbonyl (C=O) groups is 3. The van der Waals surface area contributed by atoms with Gasteiger partial charge in [-0.2, -0.15) is 0 Å². The SMILES string of the molecule is O=C(OCC(CO)(CO)COCC(CO)(CO)CO)C(C(=O)c1ccccc1)C(=O)c1ccccc1. The van der Waals surface area contributed by atoms with Crippen molar-refractivity contribution >= 4 is 17.5 Å². The van der Waals surface area contributed by atoms with E-state index in [1.807, 2.05) is 0 Å². The van der Waals surface area contributed by atoms with E-state index in [9.17, 15) is 39.9 Å². The molecule has 0 aromatic heterocycles. The van der Waals surface area contributed by atoms with E-state index >= 15 is 0 Å². The second-order valence-electron chi connectivity index (χ2n) is 8.78. The summed E-state index contributed by atoms with van der Waals surface area (Å²) in [7, 11) is 0. The molecule has 0 fully saturated rings. The summed E-state index contributed by atoms with van der Waals surface area (Å²) in [5.74, 6) is -4.48. The Balaban J connectivity index is 2.20. The van der Waals surface area contributed by atoms with E-state index < -0.39 is 73.9 Å². The van der Waals surface area contributed by atoms with Gasteiger partial charge in [-0.05, 0) is 0 Å². The summed E-state index contributed by atoms with van der Waals surface area (Å²) in [6, 6.07) is 15.6. The molecule has 0 saturated heterocycles. The Bertz CT molecular complexity index is 909. The van der Waals surface area contributed by atoms with Gasteiger partial charge in [-0.3, -0.25) is 14.4 Å². The van der Waals surface area contributed by atoms with Gasteiger partial charge in [-0.1, -0.05) is 60.7 Å². The highest BCUT2D eigenvalue weighted by atomic mass is 16.5. The maximum Gasteiger partial charge on any atom is 0.324 e. The van der Waals surface area contributed by atoms with Gasteiger partial charge in [0.25, 0.3) is 0 Å². The molecule has 0 aliphatic rings. The monoisotopic (exact) mass is 504 g/mol. The molecule has 0 aliphatic carbocycles. The van der Waals surface area contributed by atoms with Gasteiger partial charge in [0, 0.05) is 11.1 Å². The molecule has 0 heterocycles. The van der Waals surface area contributed by atoms with Crippen molar-refractivity contribution in [2.24, 2.45) is 16.7 Å². The number of ketones is 2. The molecule has 10 nitrogen and oxygen atoms in total. The highest BCUT2D eigenvalue weighted by Crippen LogP contribution is 2.23. The van der Waals surface area contributed by atoms with Crippen LogP contribution in [0.15, 0.2) is 60.7 Å². The van der Waals surface area contributed by atoms with Crippen molar-refractivity contribution in [1.29, 1.82) is 0 Å². The van der Waals surface area contributed by atoms with Crippen LogP contribution in [0.5, 0.6) is 0 Å². The average molecular weight is 505 g/mol. The molecule has 0 atom stereocenters. The molecular weight excluding hydrogens is 472 g/mol. The number of rotatable bonds is 16. The van der Waals surface area contributed by atoms with E-state index in [0.29, 0.717) is 0 Å². The lowest BCUT2D eigenvalue weighted by atomic mass is 9.89. The Morgan fingerprint density at radius 1 is 0.611 bits per heavy atom. The smallest absolute Gasteiger partial charge is 0.324 e. The highest BCUT2D eigenvalue weighted by molar-refractivity contribution is 6.26. The van der Waals surface area contributed by atoms with E-state index in [4.69, 9.17) is 9.47 Å². The zero-order valence-corrected chi connectivity index (χ0v) is 19.8. The van der Waals surface area contributed by atoms with Crippen LogP contribution in [0.25, 0.3) is 0 Å². The zero-order chi connectivity index (χ0) is 26.6. The maximum atomic E-state index is 13.1. The minimum Gasteiger partial charge on any atom is -0.464 e. The third-order valence-corrected chi connectivity index (χ3v) is 5.89. The van der Waals surface area contributed by atoms with Crippen LogP contribution in [0.4, 0.5) is 0 Å². The van der Waals surface area contributed by atoms with E-state index in [2.05, 4.69) is 0 Å². The Morgan fingerprint density at radius 3 is 1.39 bits per heavy atom. The fourth-order valence-corrected chi connectivity index (χ4v) is 3.22. The summed E-state index contributed by atoms with van der Waals surface area (Å²) in [5.41, 5.74) is -2.59. The molecule has 5 N–H and O–H groups in total. The van der Waals surface area contributed by atoms with Crippen LogP contribution < -0.4 is 0 Å². The van der Waals surface area contributed by atoms with E-state index in [-0.39, 0.29) is 24.3 Å². The number of carbonyl (C=O) groups excluding carboxylic acids is 3. The van der Waals surface area contributed by atoms with E-state index in [0.717, 1.165) is 0 Å². The molecule has 0 amide bonds. The molecule has 2 aromatic rings. The molecule has 0 radical (unpaired) electrons. The van der Waals surface area contributed by atoms with Gasteiger partial charge in [0.1, 0.15) is 6.61 Å². The Morgan fingerprint density at radius 2 is 1.00 bits per heavy atom. The number of aliphatic hydroxyl groups is 5. The normalized spacial score (nSPS) is 11.9. The van der Waals surface area contributed by atoms with Gasteiger partial charge in [0.15, 0.2) is 17.5 Å². The maximum absolute atomic E-state index is 13.1. The van der Waals surface area contributed by atoms with E-state index in [1.54, 1.807) is 36.4 Å². The standard InChI is InChI=1S/C26H32O10/c27-11-25(12-28,13-29)16-35-17-26(14-30,15-31)18-36-24(34)21(22(32)19-7-3-1-4-8-19)23(33)20-9-5-2-6-10-20/h1-10,21,27-31H,11-18H2. The topological polar surface area (TPSA) is 171 Å². The third kappa shape index (κ3) is 7.26. The molecule has 10 heteroatoms. The van der Waals surface area contributed by atoms with Crippen LogP contribution in [0, 0.1) is 16.7 Å². The van der Waals surface area contributed by atoms with Crippen molar-refractivity contribution < 1.29 is 49.4 Å². The zero-order valence-electron chi connectivity index (χ0n) is 19.8. The molecular formula is C26H32O10. The largest absolute Gasteiger partial charge is 0.464 e. The van der Waals surface area contributed by atoms with Crippen molar-refractivity contribution in [3.63, 3.8) is 0 Å². The van der Waals surface area contributed by atoms with Crippen molar-refractivity contribution in [1.82, 2.24) is 0 Å². The second-order valence-corrected chi connectivity index (χ2v) is 8.78. The number of ether oxygens (including phenoxy) is 2. The van der Waals surface area contributed by atoms with Gasteiger partial charge in [0.05, 0.1) is 57.1 Å². The molecule has 196 valence electrons. The Labute approximate surface area is 208 Å². The van der Waals surface area contributed by atoms with Gasteiger partial charge in [-0.15, -0.1) is 0 Å². The lowest BCUT2D eigenvalue weighted by Gasteiger charge is -2.32. The van der Waals surface area contributed by atoms with Crippen molar-refractivity contribution in [2.75, 3.05) is 52.9 Å². The summed E-state index contributed by atoms with van der Waals surface area (Å²) in [6.07, 6.45) is 0. The summed E-state index contributed by atoms with van der Waals surface area (Å²) < 4.78 is 10.7. The summed E-state index contributed by atoms with van der Waals surface area (Å²) >= 11 is 0. The van der Waals surface area contributed by atoms with Crippen molar-refractivity contribution in [2.45, 2.75) is 0 Å². The van der Waals surface area contributed by atoms with Gasteiger partial charge < -0.3 is 35.0 Å². The van der Waals surface area contributed by atoms with Crippen LogP contribution in [0.1, 0.15) is 20.7 Å². The molecule has 36 heavy (non-hydrogen) atoms. The van der Waals surface area contributed by atoms with Crippen LogP contribution in [-0.4, -0.2) is 95.9 Å². The number of Topliss-reactive ketones (excluding diaryl/α,β-unsaturated/α-hetero) is 2. The predicted octanol–water partition coefficient (Wildman–Crippen LogP) is -0.137. The molecule has 2 rings (SSSR count). The first-order chi connectivity index (χ1) is 17.3. The van der Waals surface area contributed by atoms with Crippen LogP contribution in [0.3, 0.4) is 0 Å². The first kappa shape index (κ1) is 29.2. The number of hydrogen-bond donors (Lipinski definition) is 5. The summed E-state index contributed by atoms with van der Waals surface area (Å²) in [5, 5.41) is 48.0. The fraction of sp³-hybridized carbons (Fsp3) is 0.423. The number of benzene rings is 2. The average Bonchev–Trinajstić information content (AvgIpc) is 2.94.